The summed E-state index contributed by atoms with van der Waals surface area (Å²) in [5.74, 6) is -1.07. The summed E-state index contributed by atoms with van der Waals surface area (Å²) in [4.78, 5) is 10.4. The lowest BCUT2D eigenvalue weighted by Gasteiger charge is -2.04. The normalized spacial score (nSPS) is 9.71. The van der Waals surface area contributed by atoms with Gasteiger partial charge in [0.15, 0.2) is 0 Å². The van der Waals surface area contributed by atoms with E-state index < -0.39 is 5.97 Å². The minimum Gasteiger partial charge on any atom is -0.548 e. The highest BCUT2D eigenvalue weighted by molar-refractivity contribution is 5.85. The van der Waals surface area contributed by atoms with Crippen molar-refractivity contribution >= 4 is 29.3 Å². The van der Waals surface area contributed by atoms with Crippen LogP contribution in [0.1, 0.15) is 0 Å². The minimum absolute atomic E-state index is 0. The summed E-state index contributed by atoms with van der Waals surface area (Å²) in [5, 5.41) is 11.4. The van der Waals surface area contributed by atoms with Crippen molar-refractivity contribution in [2.45, 2.75) is 6.54 Å². The first kappa shape index (κ1) is 10.6. The van der Waals surface area contributed by atoms with Gasteiger partial charge in [0.1, 0.15) is 0 Å². The molecule has 1 aromatic carbocycles. The highest BCUT2D eigenvalue weighted by Crippen LogP contribution is 2.14. The lowest BCUT2D eigenvalue weighted by atomic mass is 10.2. The molecule has 74 valence electrons. The van der Waals surface area contributed by atoms with Crippen molar-refractivity contribution in [2.75, 3.05) is 0 Å². The average molecular weight is 211 g/mol. The fourth-order valence-corrected chi connectivity index (χ4v) is 1.42. The number of carboxylic acids is 1. The van der Waals surface area contributed by atoms with E-state index in [1.54, 1.807) is 10.8 Å². The summed E-state index contributed by atoms with van der Waals surface area (Å²) >= 11 is 0. The molecule has 0 amide bonds. The van der Waals surface area contributed by atoms with E-state index in [-0.39, 0.29) is 19.0 Å². The number of para-hydroxylation sites is 1. The van der Waals surface area contributed by atoms with Crippen LogP contribution in [-0.2, 0) is 11.3 Å². The van der Waals surface area contributed by atoms with Gasteiger partial charge in [-0.05, 0) is 17.5 Å². The minimum atomic E-state index is -1.07. The molecular formula is C10H9ClNO2-. The number of fused-ring (bicyclic) bond motifs is 1. The molecule has 0 atom stereocenters. The van der Waals surface area contributed by atoms with Crippen LogP contribution in [0.15, 0.2) is 36.5 Å². The molecule has 0 aliphatic rings. The summed E-state index contributed by atoms with van der Waals surface area (Å²) in [5.41, 5.74) is 0.923. The third-order valence-corrected chi connectivity index (χ3v) is 1.98. The maximum Gasteiger partial charge on any atom is 0.0621 e. The summed E-state index contributed by atoms with van der Waals surface area (Å²) in [7, 11) is 0. The summed E-state index contributed by atoms with van der Waals surface area (Å²) in [6.45, 7) is -0.0898. The number of nitrogens with zero attached hydrogens (tertiary/aromatic N) is 1. The Balaban J connectivity index is 0.000000980. The van der Waals surface area contributed by atoms with Gasteiger partial charge in [0.25, 0.3) is 0 Å². The van der Waals surface area contributed by atoms with Gasteiger partial charge in [-0.1, -0.05) is 18.2 Å². The van der Waals surface area contributed by atoms with E-state index in [2.05, 4.69) is 0 Å². The summed E-state index contributed by atoms with van der Waals surface area (Å²) in [6, 6.07) is 9.53. The number of rotatable bonds is 2. The lowest BCUT2D eigenvalue weighted by molar-refractivity contribution is -0.306. The topological polar surface area (TPSA) is 45.1 Å². The molecule has 0 radical (unpaired) electrons. The summed E-state index contributed by atoms with van der Waals surface area (Å²) in [6.07, 6.45) is 1.75. The van der Waals surface area contributed by atoms with Crippen LogP contribution in [-0.4, -0.2) is 10.5 Å². The molecule has 1 aromatic heterocycles. The zero-order chi connectivity index (χ0) is 9.26. The number of hydrogen-bond acceptors (Lipinski definition) is 2. The lowest BCUT2D eigenvalue weighted by Crippen LogP contribution is -2.27. The van der Waals surface area contributed by atoms with E-state index in [0.29, 0.717) is 0 Å². The third-order valence-electron chi connectivity index (χ3n) is 1.98. The fraction of sp³-hybridized carbons (Fsp3) is 0.100. The van der Waals surface area contributed by atoms with Crippen molar-refractivity contribution in [3.63, 3.8) is 0 Å². The van der Waals surface area contributed by atoms with Crippen LogP contribution >= 0.6 is 12.4 Å². The largest absolute Gasteiger partial charge is 0.548 e. The fourth-order valence-electron chi connectivity index (χ4n) is 1.42. The molecule has 2 rings (SSSR count). The quantitative estimate of drug-likeness (QED) is 0.737. The second kappa shape index (κ2) is 4.15. The van der Waals surface area contributed by atoms with Crippen LogP contribution in [0.25, 0.3) is 10.9 Å². The van der Waals surface area contributed by atoms with Crippen LogP contribution in [0.4, 0.5) is 0 Å². The van der Waals surface area contributed by atoms with E-state index in [4.69, 9.17) is 0 Å². The van der Waals surface area contributed by atoms with Crippen LogP contribution in [0.3, 0.4) is 0 Å². The van der Waals surface area contributed by atoms with Gasteiger partial charge < -0.3 is 14.5 Å². The van der Waals surface area contributed by atoms with Crippen molar-refractivity contribution in [1.29, 1.82) is 0 Å². The second-order valence-electron chi connectivity index (χ2n) is 2.87. The zero-order valence-electron chi connectivity index (χ0n) is 7.34. The average Bonchev–Trinajstić information content (AvgIpc) is 2.48. The van der Waals surface area contributed by atoms with Crippen LogP contribution < -0.4 is 5.11 Å². The molecule has 0 N–H and O–H groups in total. The molecule has 4 heteroatoms. The molecule has 2 aromatic rings. The van der Waals surface area contributed by atoms with E-state index in [1.165, 1.54) is 0 Å². The Labute approximate surface area is 87.4 Å². The highest BCUT2D eigenvalue weighted by atomic mass is 35.5. The first-order chi connectivity index (χ1) is 6.27. The van der Waals surface area contributed by atoms with E-state index in [9.17, 15) is 9.90 Å². The number of halogens is 1. The smallest absolute Gasteiger partial charge is 0.0621 e. The summed E-state index contributed by atoms with van der Waals surface area (Å²) < 4.78 is 1.66. The number of carbonyl (C=O) groups excluding carboxylic acids is 1. The molecule has 0 aliphatic carbocycles. The molecule has 0 saturated heterocycles. The van der Waals surface area contributed by atoms with Crippen molar-refractivity contribution in [2.24, 2.45) is 0 Å². The molecule has 0 aliphatic heterocycles. The van der Waals surface area contributed by atoms with Crippen LogP contribution in [0, 0.1) is 0 Å². The Morgan fingerprint density at radius 3 is 2.71 bits per heavy atom. The predicted octanol–water partition coefficient (Wildman–Crippen LogP) is 0.813. The molecule has 0 spiro atoms. The number of carbonyl (C=O) groups is 1. The van der Waals surface area contributed by atoms with E-state index in [1.807, 2.05) is 30.3 Å². The van der Waals surface area contributed by atoms with Gasteiger partial charge in [-0.15, -0.1) is 12.4 Å². The van der Waals surface area contributed by atoms with Crippen molar-refractivity contribution in [3.8, 4) is 0 Å². The Morgan fingerprint density at radius 2 is 2.00 bits per heavy atom. The molecule has 0 bridgehead atoms. The predicted molar refractivity (Wildman–Crippen MR) is 54.2 cm³/mol. The first-order valence-corrected chi connectivity index (χ1v) is 4.01. The van der Waals surface area contributed by atoms with Gasteiger partial charge in [0, 0.05) is 11.7 Å². The standard InChI is InChI=1S/C10H9NO2.ClH/c12-10(13)7-11-6-5-8-3-1-2-4-9(8)11;/h1-6H,7H2,(H,12,13);1H/p-1. The SMILES string of the molecule is Cl.O=C([O-])Cn1ccc2ccccc21. The van der Waals surface area contributed by atoms with Crippen molar-refractivity contribution in [1.82, 2.24) is 4.57 Å². The monoisotopic (exact) mass is 210 g/mol. The second-order valence-corrected chi connectivity index (χ2v) is 2.87. The third kappa shape index (κ3) is 1.88. The van der Waals surface area contributed by atoms with Crippen molar-refractivity contribution in [3.05, 3.63) is 36.5 Å². The molecular weight excluding hydrogens is 202 g/mol. The number of aromatic nitrogens is 1. The zero-order valence-corrected chi connectivity index (χ0v) is 8.16. The maximum absolute atomic E-state index is 10.4. The van der Waals surface area contributed by atoms with E-state index in [0.717, 1.165) is 10.9 Å². The van der Waals surface area contributed by atoms with Gasteiger partial charge in [-0.25, -0.2) is 0 Å². The van der Waals surface area contributed by atoms with Crippen LogP contribution in [0.2, 0.25) is 0 Å². The van der Waals surface area contributed by atoms with Crippen molar-refractivity contribution < 1.29 is 9.90 Å². The molecule has 0 unspecified atom stereocenters. The Hall–Kier alpha value is -1.48. The van der Waals surface area contributed by atoms with E-state index >= 15 is 0 Å². The maximum atomic E-state index is 10.4. The Kier molecular flexibility index (Phi) is 3.14. The number of aliphatic carboxylic acids is 1. The van der Waals surface area contributed by atoms with Gasteiger partial charge in [-0.2, -0.15) is 0 Å². The Morgan fingerprint density at radius 1 is 1.29 bits per heavy atom. The number of benzene rings is 1. The number of hydrogen-bond donors (Lipinski definition) is 0. The molecule has 0 saturated carbocycles. The Bertz CT molecular complexity index is 450. The molecule has 1 heterocycles. The molecule has 14 heavy (non-hydrogen) atoms. The van der Waals surface area contributed by atoms with Gasteiger partial charge in [0.2, 0.25) is 0 Å². The van der Waals surface area contributed by atoms with Gasteiger partial charge in [0.05, 0.1) is 12.5 Å². The van der Waals surface area contributed by atoms with Crippen LogP contribution in [0.5, 0.6) is 0 Å². The van der Waals surface area contributed by atoms with Gasteiger partial charge in [-0.3, -0.25) is 0 Å². The highest BCUT2D eigenvalue weighted by Gasteiger charge is 1.98. The van der Waals surface area contributed by atoms with Gasteiger partial charge >= 0.3 is 0 Å². The first-order valence-electron chi connectivity index (χ1n) is 4.01. The molecule has 0 fully saturated rings. The number of carboxylic acid groups (broad SMARTS) is 1. The molecule has 3 nitrogen and oxygen atoms in total.